The molecule has 7 heteroatoms. The molecule has 2 rings (SSSR count). The molecule has 7 nitrogen and oxygen atoms in total. The molecule has 21 heavy (non-hydrogen) atoms. The average molecular weight is 291 g/mol. The van der Waals surface area contributed by atoms with E-state index in [1.165, 1.54) is 13.3 Å². The van der Waals surface area contributed by atoms with Gasteiger partial charge < -0.3 is 14.8 Å². The average Bonchev–Trinajstić information content (AvgIpc) is 3.30. The Hall–Kier alpha value is -2.57. The molecule has 0 spiro atoms. The van der Waals surface area contributed by atoms with Crippen LogP contribution in [-0.4, -0.2) is 38.3 Å². The van der Waals surface area contributed by atoms with Crippen molar-refractivity contribution in [3.63, 3.8) is 0 Å². The summed E-state index contributed by atoms with van der Waals surface area (Å²) in [6.45, 7) is 0. The van der Waals surface area contributed by atoms with E-state index >= 15 is 0 Å². The molecule has 2 amide bonds. The van der Waals surface area contributed by atoms with E-state index in [9.17, 15) is 9.59 Å². The third-order valence-electron chi connectivity index (χ3n) is 2.91. The minimum Gasteiger partial charge on any atom is -0.493 e. The van der Waals surface area contributed by atoms with Gasteiger partial charge in [0.2, 0.25) is 0 Å². The van der Waals surface area contributed by atoms with Gasteiger partial charge in [-0.1, -0.05) is 0 Å². The Morgan fingerprint density at radius 3 is 2.52 bits per heavy atom. The van der Waals surface area contributed by atoms with E-state index in [0.717, 1.165) is 12.8 Å². The normalized spacial score (nSPS) is 13.8. The van der Waals surface area contributed by atoms with Crippen LogP contribution in [0.2, 0.25) is 0 Å². The summed E-state index contributed by atoms with van der Waals surface area (Å²) in [6.07, 6.45) is 3.27. The fourth-order valence-corrected chi connectivity index (χ4v) is 1.63. The van der Waals surface area contributed by atoms with Crippen LogP contribution in [0.3, 0.4) is 0 Å². The molecule has 1 aliphatic carbocycles. The fourth-order valence-electron chi connectivity index (χ4n) is 1.63. The van der Waals surface area contributed by atoms with Crippen molar-refractivity contribution < 1.29 is 19.1 Å². The summed E-state index contributed by atoms with van der Waals surface area (Å²) in [6, 6.07) is 5.32. The molecule has 2 N–H and O–H groups in total. The third kappa shape index (κ3) is 4.20. The maximum Gasteiger partial charge on any atom is 0.329 e. The topological polar surface area (TPSA) is 89.0 Å². The first-order chi connectivity index (χ1) is 10.1. The van der Waals surface area contributed by atoms with Crippen molar-refractivity contribution in [1.82, 2.24) is 10.7 Å². The zero-order chi connectivity index (χ0) is 15.2. The van der Waals surface area contributed by atoms with Crippen LogP contribution >= 0.6 is 0 Å². The number of nitrogens with zero attached hydrogens (tertiary/aromatic N) is 1. The molecule has 1 fully saturated rings. The van der Waals surface area contributed by atoms with E-state index in [2.05, 4.69) is 15.8 Å². The van der Waals surface area contributed by atoms with Crippen LogP contribution in [0.4, 0.5) is 0 Å². The second kappa shape index (κ2) is 6.74. The van der Waals surface area contributed by atoms with E-state index in [1.54, 1.807) is 25.3 Å². The molecule has 0 aromatic heterocycles. The number of benzene rings is 1. The van der Waals surface area contributed by atoms with E-state index in [4.69, 9.17) is 9.47 Å². The van der Waals surface area contributed by atoms with Crippen LogP contribution in [0.25, 0.3) is 0 Å². The van der Waals surface area contributed by atoms with Gasteiger partial charge in [-0.15, -0.1) is 0 Å². The molecule has 0 radical (unpaired) electrons. The van der Waals surface area contributed by atoms with Gasteiger partial charge in [0, 0.05) is 6.04 Å². The number of nitrogens with one attached hydrogen (secondary N) is 2. The maximum absolute atomic E-state index is 11.4. The predicted octanol–water partition coefficient (Wildman–Crippen LogP) is 0.432. The molecule has 0 aliphatic heterocycles. The number of rotatable bonds is 5. The molecule has 0 bridgehead atoms. The number of hydrazone groups is 1. The minimum atomic E-state index is -0.779. The van der Waals surface area contributed by atoms with Crippen molar-refractivity contribution in [2.45, 2.75) is 18.9 Å². The minimum absolute atomic E-state index is 0.137. The Labute approximate surface area is 122 Å². The van der Waals surface area contributed by atoms with Crippen molar-refractivity contribution in [3.05, 3.63) is 23.8 Å². The second-order valence-electron chi connectivity index (χ2n) is 4.56. The van der Waals surface area contributed by atoms with Gasteiger partial charge >= 0.3 is 11.8 Å². The Morgan fingerprint density at radius 1 is 1.19 bits per heavy atom. The maximum atomic E-state index is 11.4. The second-order valence-corrected chi connectivity index (χ2v) is 4.56. The van der Waals surface area contributed by atoms with Crippen molar-refractivity contribution in [2.75, 3.05) is 14.2 Å². The summed E-state index contributed by atoms with van der Waals surface area (Å²) in [4.78, 5) is 22.8. The lowest BCUT2D eigenvalue weighted by Crippen LogP contribution is -2.38. The molecule has 1 aromatic rings. The molecule has 0 atom stereocenters. The lowest BCUT2D eigenvalue weighted by atomic mass is 10.2. The third-order valence-corrected chi connectivity index (χ3v) is 2.91. The molecule has 112 valence electrons. The lowest BCUT2D eigenvalue weighted by Gasteiger charge is -2.07. The van der Waals surface area contributed by atoms with Crippen LogP contribution in [0, 0.1) is 0 Å². The highest BCUT2D eigenvalue weighted by Crippen LogP contribution is 2.26. The van der Waals surface area contributed by atoms with E-state index < -0.39 is 11.8 Å². The van der Waals surface area contributed by atoms with Crippen LogP contribution in [0.15, 0.2) is 23.3 Å². The van der Waals surface area contributed by atoms with Crippen molar-refractivity contribution in [2.24, 2.45) is 5.10 Å². The van der Waals surface area contributed by atoms with Gasteiger partial charge in [-0.05, 0) is 36.6 Å². The van der Waals surface area contributed by atoms with Crippen molar-refractivity contribution >= 4 is 18.0 Å². The van der Waals surface area contributed by atoms with Gasteiger partial charge in [-0.2, -0.15) is 5.10 Å². The van der Waals surface area contributed by atoms with Crippen LogP contribution in [0.5, 0.6) is 11.5 Å². The number of amides is 2. The molecule has 0 heterocycles. The van der Waals surface area contributed by atoms with Gasteiger partial charge in [0.1, 0.15) is 0 Å². The summed E-state index contributed by atoms with van der Waals surface area (Å²) in [5.74, 6) is -0.290. The molecular weight excluding hydrogens is 274 g/mol. The number of hydrogen-bond acceptors (Lipinski definition) is 5. The first-order valence-electron chi connectivity index (χ1n) is 6.50. The highest BCUT2D eigenvalue weighted by molar-refractivity contribution is 6.35. The van der Waals surface area contributed by atoms with Gasteiger partial charge in [0.05, 0.1) is 20.4 Å². The smallest absolute Gasteiger partial charge is 0.329 e. The first kappa shape index (κ1) is 14.8. The van der Waals surface area contributed by atoms with Gasteiger partial charge in [-0.25, -0.2) is 5.43 Å². The first-order valence-corrected chi connectivity index (χ1v) is 6.50. The van der Waals surface area contributed by atoms with E-state index in [0.29, 0.717) is 17.1 Å². The zero-order valence-electron chi connectivity index (χ0n) is 11.9. The van der Waals surface area contributed by atoms with Crippen LogP contribution in [0.1, 0.15) is 18.4 Å². The Balaban J connectivity index is 1.91. The Kier molecular flexibility index (Phi) is 4.76. The SMILES string of the molecule is COc1ccc(/C=N\NC(=O)C(=O)NC2CC2)cc1OC. The highest BCUT2D eigenvalue weighted by Gasteiger charge is 2.26. The van der Waals surface area contributed by atoms with Crippen LogP contribution in [-0.2, 0) is 9.59 Å². The van der Waals surface area contributed by atoms with Crippen molar-refractivity contribution in [1.29, 1.82) is 0 Å². The van der Waals surface area contributed by atoms with Gasteiger partial charge in [0.25, 0.3) is 0 Å². The largest absolute Gasteiger partial charge is 0.493 e. The molecule has 1 aliphatic rings. The lowest BCUT2D eigenvalue weighted by molar-refractivity contribution is -0.139. The molecular formula is C14H17N3O4. The van der Waals surface area contributed by atoms with Crippen LogP contribution < -0.4 is 20.2 Å². The fraction of sp³-hybridized carbons (Fsp3) is 0.357. The number of methoxy groups -OCH3 is 2. The molecule has 1 saturated carbocycles. The zero-order valence-corrected chi connectivity index (χ0v) is 11.9. The summed E-state index contributed by atoms with van der Waals surface area (Å²) < 4.78 is 10.3. The van der Waals surface area contributed by atoms with E-state index in [-0.39, 0.29) is 6.04 Å². The van der Waals surface area contributed by atoms with Gasteiger partial charge in [-0.3, -0.25) is 9.59 Å². The number of carbonyl (C=O) groups is 2. The Morgan fingerprint density at radius 2 is 1.90 bits per heavy atom. The number of carbonyl (C=O) groups excluding carboxylic acids is 2. The highest BCUT2D eigenvalue weighted by atomic mass is 16.5. The Bertz CT molecular complexity index is 567. The summed E-state index contributed by atoms with van der Waals surface area (Å²) in [7, 11) is 3.08. The predicted molar refractivity (Wildman–Crippen MR) is 76.4 cm³/mol. The van der Waals surface area contributed by atoms with E-state index in [1.807, 2.05) is 0 Å². The standard InChI is InChI=1S/C14H17N3O4/c1-20-11-6-3-9(7-12(11)21-2)8-15-17-14(19)13(18)16-10-4-5-10/h3,6-8,10H,4-5H2,1-2H3,(H,16,18)(H,17,19)/b15-8-. The monoisotopic (exact) mass is 291 g/mol. The van der Waals surface area contributed by atoms with Gasteiger partial charge in [0.15, 0.2) is 11.5 Å². The molecule has 1 aromatic carbocycles. The summed E-state index contributed by atoms with van der Waals surface area (Å²) >= 11 is 0. The van der Waals surface area contributed by atoms with Crippen molar-refractivity contribution in [3.8, 4) is 11.5 Å². The summed E-state index contributed by atoms with van der Waals surface area (Å²) in [5.41, 5.74) is 2.88. The summed E-state index contributed by atoms with van der Waals surface area (Å²) in [5, 5.41) is 6.31. The number of hydrogen-bond donors (Lipinski definition) is 2. The molecule has 0 saturated heterocycles. The molecule has 0 unspecified atom stereocenters. The quantitative estimate of drug-likeness (QED) is 0.468. The number of ether oxygens (including phenoxy) is 2.